The summed E-state index contributed by atoms with van der Waals surface area (Å²) in [5.74, 6) is 0.994. The van der Waals surface area contributed by atoms with Crippen molar-refractivity contribution in [3.63, 3.8) is 0 Å². The maximum atomic E-state index is 5.47. The van der Waals surface area contributed by atoms with E-state index in [9.17, 15) is 0 Å². The molecule has 1 saturated heterocycles. The van der Waals surface area contributed by atoms with E-state index < -0.39 is 0 Å². The van der Waals surface area contributed by atoms with Crippen molar-refractivity contribution < 1.29 is 4.74 Å². The molecular weight excluding hydrogens is 266 g/mol. The van der Waals surface area contributed by atoms with Crippen LogP contribution in [0.25, 0.3) is 0 Å². The molecule has 1 heterocycles. The molecule has 88 valence electrons. The van der Waals surface area contributed by atoms with Crippen LogP contribution in [0.4, 0.5) is 0 Å². The number of halogens is 1. The molecule has 1 atom stereocenters. The Balaban J connectivity index is 2.30. The van der Waals surface area contributed by atoms with Gasteiger partial charge >= 0.3 is 0 Å². The molecule has 16 heavy (non-hydrogen) atoms. The van der Waals surface area contributed by atoms with Crippen molar-refractivity contribution >= 4 is 15.9 Å². The van der Waals surface area contributed by atoms with E-state index in [1.165, 1.54) is 31.4 Å². The summed E-state index contributed by atoms with van der Waals surface area (Å²) < 4.78 is 6.55. The van der Waals surface area contributed by atoms with Crippen molar-refractivity contribution in [1.29, 1.82) is 0 Å². The van der Waals surface area contributed by atoms with Gasteiger partial charge in [0.05, 0.1) is 7.11 Å². The number of nitrogens with zero attached hydrogens (tertiary/aromatic N) is 1. The number of ether oxygens (including phenoxy) is 1. The molecular formula is C13H18BrNO. The fourth-order valence-corrected chi connectivity index (χ4v) is 2.77. The Kier molecular flexibility index (Phi) is 3.87. The first-order valence-corrected chi connectivity index (χ1v) is 6.55. The zero-order chi connectivity index (χ0) is 11.5. The molecule has 1 unspecified atom stereocenters. The molecule has 0 aliphatic carbocycles. The SMILES string of the molecule is COc1cc(Br)ccc1C1CCCCN1C. The largest absolute Gasteiger partial charge is 0.496 e. The van der Waals surface area contributed by atoms with Gasteiger partial charge in [0.25, 0.3) is 0 Å². The van der Waals surface area contributed by atoms with Crippen LogP contribution < -0.4 is 4.74 Å². The average Bonchev–Trinajstić information content (AvgIpc) is 2.30. The molecule has 0 amide bonds. The molecule has 1 aliphatic heterocycles. The van der Waals surface area contributed by atoms with Gasteiger partial charge < -0.3 is 4.74 Å². The predicted octanol–water partition coefficient (Wildman–Crippen LogP) is 3.61. The highest BCUT2D eigenvalue weighted by atomic mass is 79.9. The topological polar surface area (TPSA) is 12.5 Å². The van der Waals surface area contributed by atoms with Crippen molar-refractivity contribution in [1.82, 2.24) is 4.90 Å². The van der Waals surface area contributed by atoms with Gasteiger partial charge in [-0.3, -0.25) is 4.90 Å². The minimum Gasteiger partial charge on any atom is -0.496 e. The molecule has 1 aromatic rings. The molecule has 3 heteroatoms. The summed E-state index contributed by atoms with van der Waals surface area (Å²) in [5.41, 5.74) is 1.31. The lowest BCUT2D eigenvalue weighted by Crippen LogP contribution is -2.29. The lowest BCUT2D eigenvalue weighted by atomic mass is 9.95. The lowest BCUT2D eigenvalue weighted by molar-refractivity contribution is 0.183. The first kappa shape index (κ1) is 11.9. The summed E-state index contributed by atoms with van der Waals surface area (Å²) in [5, 5.41) is 0. The van der Waals surface area contributed by atoms with Crippen molar-refractivity contribution in [2.75, 3.05) is 20.7 Å². The van der Waals surface area contributed by atoms with Gasteiger partial charge in [-0.1, -0.05) is 28.4 Å². The number of likely N-dealkylation sites (tertiary alicyclic amines) is 1. The van der Waals surface area contributed by atoms with Crippen molar-refractivity contribution in [3.05, 3.63) is 28.2 Å². The van der Waals surface area contributed by atoms with Crippen LogP contribution in [0.2, 0.25) is 0 Å². The van der Waals surface area contributed by atoms with Gasteiger partial charge in [-0.25, -0.2) is 0 Å². The van der Waals surface area contributed by atoms with Crippen LogP contribution in [0, 0.1) is 0 Å². The van der Waals surface area contributed by atoms with E-state index in [0.717, 1.165) is 10.2 Å². The first-order valence-electron chi connectivity index (χ1n) is 5.76. The summed E-state index contributed by atoms with van der Waals surface area (Å²) in [6, 6.07) is 6.84. The summed E-state index contributed by atoms with van der Waals surface area (Å²) in [4.78, 5) is 2.43. The molecule has 0 N–H and O–H groups in total. The standard InChI is InChI=1S/C13H18BrNO/c1-15-8-4-3-5-12(15)11-7-6-10(14)9-13(11)16-2/h6-7,9,12H,3-5,8H2,1-2H3. The minimum atomic E-state index is 0.511. The van der Waals surface area contributed by atoms with Crippen LogP contribution in [0.1, 0.15) is 30.9 Å². The Labute approximate surface area is 106 Å². The normalized spacial score (nSPS) is 22.1. The second-order valence-electron chi connectivity index (χ2n) is 4.38. The van der Waals surface area contributed by atoms with Crippen molar-refractivity contribution in [2.45, 2.75) is 25.3 Å². The Morgan fingerprint density at radius 2 is 2.19 bits per heavy atom. The lowest BCUT2D eigenvalue weighted by Gasteiger charge is -2.33. The summed E-state index contributed by atoms with van der Waals surface area (Å²) in [6.45, 7) is 1.18. The monoisotopic (exact) mass is 283 g/mol. The number of hydrogen-bond acceptors (Lipinski definition) is 2. The predicted molar refractivity (Wildman–Crippen MR) is 69.9 cm³/mol. The van der Waals surface area contributed by atoms with E-state index in [1.807, 2.05) is 0 Å². The molecule has 1 aliphatic rings. The number of piperidine rings is 1. The Morgan fingerprint density at radius 3 is 2.88 bits per heavy atom. The first-order chi connectivity index (χ1) is 7.72. The number of hydrogen-bond donors (Lipinski definition) is 0. The van der Waals surface area contributed by atoms with E-state index >= 15 is 0 Å². The summed E-state index contributed by atoms with van der Waals surface area (Å²) >= 11 is 3.48. The number of benzene rings is 1. The maximum Gasteiger partial charge on any atom is 0.124 e. The van der Waals surface area contributed by atoms with Gasteiger partial charge in [-0.05, 0) is 38.6 Å². The van der Waals surface area contributed by atoms with E-state index in [2.05, 4.69) is 46.1 Å². The van der Waals surface area contributed by atoms with Crippen molar-refractivity contribution in [3.8, 4) is 5.75 Å². The minimum absolute atomic E-state index is 0.511. The highest BCUT2D eigenvalue weighted by Gasteiger charge is 2.23. The molecule has 2 nitrogen and oxygen atoms in total. The Morgan fingerprint density at radius 1 is 1.38 bits per heavy atom. The van der Waals surface area contributed by atoms with Crippen molar-refractivity contribution in [2.24, 2.45) is 0 Å². The van der Waals surface area contributed by atoms with Gasteiger partial charge in [-0.2, -0.15) is 0 Å². The van der Waals surface area contributed by atoms with Gasteiger partial charge in [-0.15, -0.1) is 0 Å². The average molecular weight is 284 g/mol. The molecule has 0 bridgehead atoms. The van der Waals surface area contributed by atoms with Gasteiger partial charge in [0.15, 0.2) is 0 Å². The Hall–Kier alpha value is -0.540. The molecule has 1 fully saturated rings. The highest BCUT2D eigenvalue weighted by Crippen LogP contribution is 2.36. The summed E-state index contributed by atoms with van der Waals surface area (Å²) in [6.07, 6.45) is 3.86. The van der Waals surface area contributed by atoms with Crippen LogP contribution in [0.15, 0.2) is 22.7 Å². The van der Waals surface area contributed by atoms with Crippen LogP contribution >= 0.6 is 15.9 Å². The van der Waals surface area contributed by atoms with E-state index in [0.29, 0.717) is 6.04 Å². The maximum absolute atomic E-state index is 5.47. The molecule has 0 aromatic heterocycles. The zero-order valence-electron chi connectivity index (χ0n) is 9.87. The van der Waals surface area contributed by atoms with Crippen LogP contribution in [-0.2, 0) is 0 Å². The molecule has 0 spiro atoms. The second kappa shape index (κ2) is 5.19. The van der Waals surface area contributed by atoms with Crippen LogP contribution in [0.3, 0.4) is 0 Å². The Bertz CT molecular complexity index is 367. The molecule has 2 rings (SSSR count). The van der Waals surface area contributed by atoms with Crippen LogP contribution in [0.5, 0.6) is 5.75 Å². The number of methoxy groups -OCH3 is 1. The molecule has 1 aromatic carbocycles. The zero-order valence-corrected chi connectivity index (χ0v) is 11.5. The second-order valence-corrected chi connectivity index (χ2v) is 5.29. The van der Waals surface area contributed by atoms with Gasteiger partial charge in [0, 0.05) is 16.1 Å². The fourth-order valence-electron chi connectivity index (χ4n) is 2.43. The molecule has 0 radical (unpaired) electrons. The van der Waals surface area contributed by atoms with Crippen LogP contribution in [-0.4, -0.2) is 25.6 Å². The third-order valence-electron chi connectivity index (χ3n) is 3.32. The van der Waals surface area contributed by atoms with E-state index in [-0.39, 0.29) is 0 Å². The van der Waals surface area contributed by atoms with Gasteiger partial charge in [0.2, 0.25) is 0 Å². The third-order valence-corrected chi connectivity index (χ3v) is 3.82. The fraction of sp³-hybridized carbons (Fsp3) is 0.538. The third kappa shape index (κ3) is 2.41. The van der Waals surface area contributed by atoms with Gasteiger partial charge in [0.1, 0.15) is 5.75 Å². The smallest absolute Gasteiger partial charge is 0.124 e. The van der Waals surface area contributed by atoms with E-state index in [4.69, 9.17) is 4.74 Å². The number of rotatable bonds is 2. The quantitative estimate of drug-likeness (QED) is 0.822. The summed E-state index contributed by atoms with van der Waals surface area (Å²) in [7, 11) is 3.94. The van der Waals surface area contributed by atoms with E-state index in [1.54, 1.807) is 7.11 Å². The highest BCUT2D eigenvalue weighted by molar-refractivity contribution is 9.10. The molecule has 0 saturated carbocycles.